The molecule has 2 aromatic rings. The maximum absolute atomic E-state index is 13.0. The van der Waals surface area contributed by atoms with E-state index in [1.165, 1.54) is 4.90 Å². The number of benzene rings is 2. The molecule has 2 rings (SSSR count). The Bertz CT molecular complexity index is 822. The van der Waals surface area contributed by atoms with Crippen LogP contribution in [0, 0.1) is 0 Å². The highest BCUT2D eigenvalue weighted by atomic mass is 35.5. The van der Waals surface area contributed by atoms with Gasteiger partial charge in [-0.2, -0.15) is 0 Å². The molecule has 0 spiro atoms. The molecule has 0 aromatic heterocycles. The van der Waals surface area contributed by atoms with E-state index in [9.17, 15) is 9.59 Å². The van der Waals surface area contributed by atoms with Crippen molar-refractivity contribution in [1.82, 2.24) is 10.2 Å². The molecule has 7 heteroatoms. The Balaban J connectivity index is 2.23. The number of carbonyl (C=O) groups excluding carboxylic acids is 2. The second-order valence-electron chi connectivity index (χ2n) is 6.38. The molecular weight excluding hydrogens is 419 g/mol. The molecule has 1 atom stereocenters. The van der Waals surface area contributed by atoms with Crippen LogP contribution in [0.3, 0.4) is 0 Å². The lowest BCUT2D eigenvalue weighted by Gasteiger charge is -2.29. The smallest absolute Gasteiger partial charge is 0.242 e. The fourth-order valence-electron chi connectivity index (χ4n) is 2.84. The van der Waals surface area contributed by atoms with Gasteiger partial charge in [-0.05, 0) is 44.0 Å². The zero-order chi connectivity index (χ0) is 20.7. The number of carbonyl (C=O) groups is 2. The van der Waals surface area contributed by atoms with E-state index in [0.717, 1.165) is 5.56 Å². The molecule has 0 saturated heterocycles. The number of rotatable bonds is 8. The normalized spacial score (nSPS) is 11.8. The third kappa shape index (κ3) is 5.87. The van der Waals surface area contributed by atoms with E-state index in [4.69, 9.17) is 34.8 Å². The van der Waals surface area contributed by atoms with Gasteiger partial charge in [-0.1, -0.05) is 59.1 Å². The number of hydrogen-bond donors (Lipinski definition) is 1. The number of likely N-dealkylation sites (N-methyl/N-ethyl adjacent to an activating group) is 1. The van der Waals surface area contributed by atoms with Crippen LogP contribution in [0.15, 0.2) is 42.5 Å². The van der Waals surface area contributed by atoms with E-state index < -0.39 is 6.04 Å². The van der Waals surface area contributed by atoms with Crippen LogP contribution in [0.2, 0.25) is 15.1 Å². The second kappa shape index (κ2) is 10.7. The molecule has 2 aromatic carbocycles. The molecular formula is C21H23Cl3N2O2. The average molecular weight is 442 g/mol. The summed E-state index contributed by atoms with van der Waals surface area (Å²) in [5, 5.41) is 4.29. The van der Waals surface area contributed by atoms with Crippen LogP contribution in [0.1, 0.15) is 31.4 Å². The van der Waals surface area contributed by atoms with Crippen molar-refractivity contribution in [1.29, 1.82) is 0 Å². The quantitative estimate of drug-likeness (QED) is 0.617. The predicted octanol–water partition coefficient (Wildman–Crippen LogP) is 5.13. The Kier molecular flexibility index (Phi) is 8.61. The van der Waals surface area contributed by atoms with Crippen molar-refractivity contribution in [3.05, 3.63) is 68.7 Å². The van der Waals surface area contributed by atoms with E-state index >= 15 is 0 Å². The topological polar surface area (TPSA) is 49.4 Å². The van der Waals surface area contributed by atoms with E-state index in [0.29, 0.717) is 33.6 Å². The van der Waals surface area contributed by atoms with Crippen molar-refractivity contribution in [2.75, 3.05) is 6.54 Å². The summed E-state index contributed by atoms with van der Waals surface area (Å²) >= 11 is 18.7. The minimum Gasteiger partial charge on any atom is -0.355 e. The molecule has 0 radical (unpaired) electrons. The fourth-order valence-corrected chi connectivity index (χ4v) is 3.59. The molecule has 4 nitrogen and oxygen atoms in total. The molecule has 150 valence electrons. The average Bonchev–Trinajstić information content (AvgIpc) is 2.66. The highest BCUT2D eigenvalue weighted by Crippen LogP contribution is 2.27. The van der Waals surface area contributed by atoms with Gasteiger partial charge in [0.2, 0.25) is 11.8 Å². The molecule has 0 fully saturated rings. The van der Waals surface area contributed by atoms with Crippen LogP contribution in [-0.4, -0.2) is 29.3 Å². The van der Waals surface area contributed by atoms with Gasteiger partial charge in [-0.3, -0.25) is 9.59 Å². The fraction of sp³-hybridized carbons (Fsp3) is 0.333. The van der Waals surface area contributed by atoms with Gasteiger partial charge >= 0.3 is 0 Å². The van der Waals surface area contributed by atoms with Gasteiger partial charge < -0.3 is 10.2 Å². The minimum absolute atomic E-state index is 0.151. The molecule has 0 aliphatic rings. The third-order valence-electron chi connectivity index (χ3n) is 4.47. The molecule has 1 N–H and O–H groups in total. The van der Waals surface area contributed by atoms with Gasteiger partial charge in [0.05, 0.1) is 0 Å². The van der Waals surface area contributed by atoms with Crippen LogP contribution >= 0.6 is 34.8 Å². The highest BCUT2D eigenvalue weighted by Gasteiger charge is 2.27. The standard InChI is InChI=1S/C21H23Cl3N2O2/c1-3-25-21(28)14(2)26(13-16-18(23)9-6-10-19(16)24)20(27)12-11-15-7-4-5-8-17(15)22/h4-10,14H,3,11-13H2,1-2H3,(H,25,28). The molecule has 0 bridgehead atoms. The van der Waals surface area contributed by atoms with Gasteiger partial charge in [-0.15, -0.1) is 0 Å². The highest BCUT2D eigenvalue weighted by molar-refractivity contribution is 6.36. The van der Waals surface area contributed by atoms with Crippen LogP contribution in [-0.2, 0) is 22.6 Å². The Hall–Kier alpha value is -1.75. The Morgan fingerprint density at radius 3 is 2.21 bits per heavy atom. The monoisotopic (exact) mass is 440 g/mol. The molecule has 1 unspecified atom stereocenters. The third-order valence-corrected chi connectivity index (χ3v) is 5.55. The summed E-state index contributed by atoms with van der Waals surface area (Å²) in [6.45, 7) is 4.16. The lowest BCUT2D eigenvalue weighted by Crippen LogP contribution is -2.47. The largest absolute Gasteiger partial charge is 0.355 e. The summed E-state index contributed by atoms with van der Waals surface area (Å²) in [5.41, 5.74) is 1.51. The van der Waals surface area contributed by atoms with E-state index in [-0.39, 0.29) is 24.8 Å². The van der Waals surface area contributed by atoms with Crippen LogP contribution in [0.5, 0.6) is 0 Å². The van der Waals surface area contributed by atoms with Crippen molar-refractivity contribution in [2.24, 2.45) is 0 Å². The van der Waals surface area contributed by atoms with Gasteiger partial charge in [-0.25, -0.2) is 0 Å². The summed E-state index contributed by atoms with van der Waals surface area (Å²) in [7, 11) is 0. The predicted molar refractivity (Wildman–Crippen MR) is 115 cm³/mol. The van der Waals surface area contributed by atoms with Gasteiger partial charge in [0, 0.05) is 40.1 Å². The Morgan fingerprint density at radius 2 is 1.61 bits per heavy atom. The summed E-state index contributed by atoms with van der Waals surface area (Å²) in [6.07, 6.45) is 0.697. The zero-order valence-corrected chi connectivity index (χ0v) is 18.1. The maximum Gasteiger partial charge on any atom is 0.242 e. The van der Waals surface area contributed by atoms with Crippen molar-refractivity contribution >= 4 is 46.6 Å². The van der Waals surface area contributed by atoms with Crippen LogP contribution < -0.4 is 5.32 Å². The van der Waals surface area contributed by atoms with Gasteiger partial charge in [0.15, 0.2) is 0 Å². The Morgan fingerprint density at radius 1 is 1.00 bits per heavy atom. The lowest BCUT2D eigenvalue weighted by molar-refractivity contribution is -0.140. The van der Waals surface area contributed by atoms with Crippen molar-refractivity contribution < 1.29 is 9.59 Å². The summed E-state index contributed by atoms with van der Waals surface area (Å²) in [4.78, 5) is 26.9. The molecule has 28 heavy (non-hydrogen) atoms. The molecule has 0 heterocycles. The van der Waals surface area contributed by atoms with Crippen molar-refractivity contribution in [2.45, 2.75) is 39.3 Å². The number of nitrogens with zero attached hydrogens (tertiary/aromatic N) is 1. The first kappa shape index (κ1) is 22.5. The number of amides is 2. The molecule has 0 saturated carbocycles. The molecule has 0 aliphatic carbocycles. The second-order valence-corrected chi connectivity index (χ2v) is 7.61. The number of nitrogens with one attached hydrogen (secondary N) is 1. The summed E-state index contributed by atoms with van der Waals surface area (Å²) < 4.78 is 0. The number of halogens is 3. The Labute approximate surface area is 180 Å². The number of aryl methyl sites for hydroxylation is 1. The number of hydrogen-bond acceptors (Lipinski definition) is 2. The zero-order valence-electron chi connectivity index (χ0n) is 15.8. The van der Waals surface area contributed by atoms with Crippen molar-refractivity contribution in [3.63, 3.8) is 0 Å². The van der Waals surface area contributed by atoms with Crippen LogP contribution in [0.4, 0.5) is 0 Å². The van der Waals surface area contributed by atoms with Crippen LogP contribution in [0.25, 0.3) is 0 Å². The van der Waals surface area contributed by atoms with E-state index in [1.54, 1.807) is 31.2 Å². The van der Waals surface area contributed by atoms with E-state index in [2.05, 4.69) is 5.32 Å². The van der Waals surface area contributed by atoms with Gasteiger partial charge in [0.1, 0.15) is 6.04 Å². The van der Waals surface area contributed by atoms with Crippen molar-refractivity contribution in [3.8, 4) is 0 Å². The first-order valence-electron chi connectivity index (χ1n) is 9.08. The maximum atomic E-state index is 13.0. The summed E-state index contributed by atoms with van der Waals surface area (Å²) in [6, 6.07) is 11.9. The SMILES string of the molecule is CCNC(=O)C(C)N(Cc1c(Cl)cccc1Cl)C(=O)CCc1ccccc1Cl. The molecule has 2 amide bonds. The molecule has 0 aliphatic heterocycles. The minimum atomic E-state index is -0.661. The summed E-state index contributed by atoms with van der Waals surface area (Å²) in [5.74, 6) is -0.397. The first-order valence-corrected chi connectivity index (χ1v) is 10.2. The first-order chi connectivity index (χ1) is 13.3. The van der Waals surface area contributed by atoms with E-state index in [1.807, 2.05) is 25.1 Å². The lowest BCUT2D eigenvalue weighted by atomic mass is 10.1. The van der Waals surface area contributed by atoms with Gasteiger partial charge in [0.25, 0.3) is 0 Å².